The van der Waals surface area contributed by atoms with Gasteiger partial charge in [-0.25, -0.2) is 4.79 Å². The van der Waals surface area contributed by atoms with E-state index in [9.17, 15) is 24.3 Å². The molecule has 11 heteroatoms. The van der Waals surface area contributed by atoms with Crippen LogP contribution in [0.3, 0.4) is 0 Å². The molecule has 184 valence electrons. The summed E-state index contributed by atoms with van der Waals surface area (Å²) in [6.45, 7) is 0.120. The fourth-order valence-corrected chi connectivity index (χ4v) is 3.99. The number of rotatable bonds is 8. The van der Waals surface area contributed by atoms with Crippen LogP contribution in [0.2, 0.25) is 0 Å². The quantitative estimate of drug-likeness (QED) is 0.335. The molecule has 0 radical (unpaired) electrons. The van der Waals surface area contributed by atoms with Crippen molar-refractivity contribution in [1.29, 1.82) is 0 Å². The first-order valence-corrected chi connectivity index (χ1v) is 11.3. The minimum absolute atomic E-state index is 0. The summed E-state index contributed by atoms with van der Waals surface area (Å²) in [6.07, 6.45) is 2.58. The summed E-state index contributed by atoms with van der Waals surface area (Å²) in [6, 6.07) is 17.8. The van der Waals surface area contributed by atoms with E-state index < -0.39 is 36.3 Å². The largest absolute Gasteiger partial charge is 1.00 e. The fraction of sp³-hybridized carbons (Fsp3) is 0.192. The van der Waals surface area contributed by atoms with Crippen LogP contribution < -0.4 is 55.5 Å². The van der Waals surface area contributed by atoms with Gasteiger partial charge in [0.05, 0.1) is 12.0 Å². The predicted molar refractivity (Wildman–Crippen MR) is 131 cm³/mol. The van der Waals surface area contributed by atoms with E-state index in [4.69, 9.17) is 0 Å². The number of pyridine rings is 1. The number of aliphatic carboxylic acids is 1. The number of aromatic nitrogens is 1. The Bertz CT molecular complexity index is 1260. The maximum absolute atomic E-state index is 12.9. The zero-order valence-corrected chi connectivity index (χ0v) is 22.2. The second kappa shape index (κ2) is 13.0. The molecular formula is C26H24N5NaO5. The first-order valence-electron chi connectivity index (χ1n) is 11.3. The number of nitrogens with one attached hydrogen (secondary N) is 3. The molecule has 2 atom stereocenters. The van der Waals surface area contributed by atoms with Crippen LogP contribution in [0, 0.1) is 5.92 Å². The molecule has 0 spiro atoms. The Hall–Kier alpha value is -3.73. The number of anilines is 3. The van der Waals surface area contributed by atoms with Gasteiger partial charge in [-0.2, -0.15) is 0 Å². The average molecular weight is 509 g/mol. The Morgan fingerprint density at radius 3 is 2.43 bits per heavy atom. The van der Waals surface area contributed by atoms with E-state index >= 15 is 0 Å². The maximum Gasteiger partial charge on any atom is 1.00 e. The molecule has 0 aliphatic carbocycles. The number of nitrogens with zero attached hydrogens (tertiary/aromatic N) is 2. The molecule has 4 amide bonds. The number of para-hydroxylation sites is 1. The summed E-state index contributed by atoms with van der Waals surface area (Å²) in [7, 11) is 0. The molecule has 1 saturated heterocycles. The Morgan fingerprint density at radius 1 is 1.00 bits per heavy atom. The smallest absolute Gasteiger partial charge is 0.550 e. The van der Waals surface area contributed by atoms with Crippen LogP contribution >= 0.6 is 0 Å². The average Bonchev–Trinajstić information content (AvgIpc) is 3.26. The van der Waals surface area contributed by atoms with E-state index in [1.165, 1.54) is 11.1 Å². The maximum atomic E-state index is 12.9. The zero-order valence-electron chi connectivity index (χ0n) is 20.2. The first kappa shape index (κ1) is 27.9. The number of amides is 4. The van der Waals surface area contributed by atoms with Gasteiger partial charge in [0, 0.05) is 54.8 Å². The number of carbonyl (C=O) groups excluding carboxylic acids is 4. The standard InChI is InChI=1S/C26H25N5O5.Na/c32-23-12-18(25(35)30-22(14-24(33)34)17-6-5-11-27-15-17)16-31(23)21-10-4-9-20(13-21)29-26(36)28-19-7-2-1-3-8-19;/h1-11,13,15,18,22H,12,14,16H2,(H,30,35)(H,33,34)(H2,28,29,36);/q;+1/p-1. The van der Waals surface area contributed by atoms with Crippen molar-refractivity contribution in [2.24, 2.45) is 5.92 Å². The van der Waals surface area contributed by atoms with Crippen LogP contribution in [-0.4, -0.2) is 35.3 Å². The second-order valence-electron chi connectivity index (χ2n) is 8.32. The van der Waals surface area contributed by atoms with Gasteiger partial charge in [-0.05, 0) is 42.0 Å². The topological polar surface area (TPSA) is 144 Å². The van der Waals surface area contributed by atoms with Crippen molar-refractivity contribution < 1.29 is 53.8 Å². The van der Waals surface area contributed by atoms with Crippen LogP contribution in [-0.2, 0) is 14.4 Å². The van der Waals surface area contributed by atoms with Crippen LogP contribution in [0.1, 0.15) is 24.4 Å². The van der Waals surface area contributed by atoms with E-state index in [-0.39, 0.29) is 48.4 Å². The minimum atomic E-state index is -1.31. The number of carboxylic acids is 1. The van der Waals surface area contributed by atoms with Crippen LogP contribution in [0.25, 0.3) is 0 Å². The molecule has 10 nitrogen and oxygen atoms in total. The van der Waals surface area contributed by atoms with Gasteiger partial charge in [0.2, 0.25) is 11.8 Å². The Labute approximate surface area is 235 Å². The number of hydrogen-bond donors (Lipinski definition) is 3. The molecule has 1 aliphatic rings. The van der Waals surface area contributed by atoms with Crippen molar-refractivity contribution in [3.8, 4) is 0 Å². The molecule has 2 aromatic carbocycles. The summed E-state index contributed by atoms with van der Waals surface area (Å²) in [5.41, 5.74) is 2.18. The molecule has 4 rings (SSSR count). The molecule has 0 bridgehead atoms. The van der Waals surface area contributed by atoms with Crippen molar-refractivity contribution in [1.82, 2.24) is 10.3 Å². The van der Waals surface area contributed by atoms with Gasteiger partial charge in [-0.3, -0.25) is 14.6 Å². The SMILES string of the molecule is O=C([O-])CC(NC(=O)C1CC(=O)N(c2cccc(NC(=O)Nc3ccccc3)c2)C1)c1cccnc1.[Na+]. The summed E-state index contributed by atoms with van der Waals surface area (Å²) < 4.78 is 0. The summed E-state index contributed by atoms with van der Waals surface area (Å²) in [5, 5.41) is 19.4. The molecular weight excluding hydrogens is 485 g/mol. The minimum Gasteiger partial charge on any atom is -0.550 e. The molecule has 3 aromatic rings. The molecule has 2 heterocycles. The van der Waals surface area contributed by atoms with Crippen molar-refractivity contribution in [3.05, 3.63) is 84.7 Å². The second-order valence-corrected chi connectivity index (χ2v) is 8.32. The van der Waals surface area contributed by atoms with Gasteiger partial charge >= 0.3 is 35.6 Å². The van der Waals surface area contributed by atoms with Crippen molar-refractivity contribution >= 4 is 40.9 Å². The third-order valence-corrected chi connectivity index (χ3v) is 5.72. The fourth-order valence-electron chi connectivity index (χ4n) is 3.99. The van der Waals surface area contributed by atoms with E-state index in [1.54, 1.807) is 66.9 Å². The molecule has 37 heavy (non-hydrogen) atoms. The molecule has 1 fully saturated rings. The zero-order chi connectivity index (χ0) is 25.5. The predicted octanol–water partition coefficient (Wildman–Crippen LogP) is -0.920. The van der Waals surface area contributed by atoms with Gasteiger partial charge in [-0.15, -0.1) is 0 Å². The third kappa shape index (κ3) is 7.63. The Morgan fingerprint density at radius 2 is 1.73 bits per heavy atom. The number of benzene rings is 2. The van der Waals surface area contributed by atoms with E-state index in [0.29, 0.717) is 22.6 Å². The number of carboxylic acid groups (broad SMARTS) is 1. The van der Waals surface area contributed by atoms with Gasteiger partial charge in [-0.1, -0.05) is 30.3 Å². The van der Waals surface area contributed by atoms with Crippen LogP contribution in [0.15, 0.2) is 79.1 Å². The van der Waals surface area contributed by atoms with Crippen molar-refractivity contribution in [3.63, 3.8) is 0 Å². The van der Waals surface area contributed by atoms with E-state index in [1.807, 2.05) is 6.07 Å². The Kier molecular flexibility index (Phi) is 9.78. The van der Waals surface area contributed by atoms with Gasteiger partial charge in [0.15, 0.2) is 0 Å². The van der Waals surface area contributed by atoms with Crippen LogP contribution in [0.5, 0.6) is 0 Å². The number of carbonyl (C=O) groups is 4. The summed E-state index contributed by atoms with van der Waals surface area (Å²) in [5.74, 6) is -2.67. The van der Waals surface area contributed by atoms with Crippen molar-refractivity contribution in [2.75, 3.05) is 22.1 Å². The van der Waals surface area contributed by atoms with Crippen LogP contribution in [0.4, 0.5) is 21.9 Å². The van der Waals surface area contributed by atoms with Crippen molar-refractivity contribution in [2.45, 2.75) is 18.9 Å². The molecule has 1 aliphatic heterocycles. The Balaban J connectivity index is 0.00000380. The number of urea groups is 1. The van der Waals surface area contributed by atoms with E-state index in [2.05, 4.69) is 20.9 Å². The van der Waals surface area contributed by atoms with Gasteiger partial charge in [0.1, 0.15) is 0 Å². The molecule has 0 saturated carbocycles. The number of hydrogen-bond acceptors (Lipinski definition) is 6. The normalized spacial score (nSPS) is 15.3. The molecule has 1 aromatic heterocycles. The van der Waals surface area contributed by atoms with E-state index in [0.717, 1.165) is 0 Å². The third-order valence-electron chi connectivity index (χ3n) is 5.72. The summed E-state index contributed by atoms with van der Waals surface area (Å²) >= 11 is 0. The molecule has 3 N–H and O–H groups in total. The van der Waals surface area contributed by atoms with Gasteiger partial charge < -0.3 is 30.8 Å². The monoisotopic (exact) mass is 509 g/mol. The summed E-state index contributed by atoms with van der Waals surface area (Å²) in [4.78, 5) is 54.6. The van der Waals surface area contributed by atoms with Gasteiger partial charge in [0.25, 0.3) is 0 Å². The molecule has 2 unspecified atom stereocenters. The first-order chi connectivity index (χ1) is 17.4.